The fraction of sp³-hybridized carbons (Fsp3) is 0.118. The highest BCUT2D eigenvalue weighted by Crippen LogP contribution is 2.47. The zero-order valence-electron chi connectivity index (χ0n) is 21.4. The van der Waals surface area contributed by atoms with E-state index in [-0.39, 0.29) is 23.0 Å². The third-order valence-electron chi connectivity index (χ3n) is 7.29. The van der Waals surface area contributed by atoms with Crippen molar-refractivity contribution < 1.29 is 20.4 Å². The Hall–Kier alpha value is -4.70. The van der Waals surface area contributed by atoms with Crippen molar-refractivity contribution in [3.8, 4) is 23.0 Å². The van der Waals surface area contributed by atoms with Gasteiger partial charge in [-0.15, -0.1) is 0 Å². The quantitative estimate of drug-likeness (QED) is 0.187. The first-order chi connectivity index (χ1) is 18.3. The first-order valence-electron chi connectivity index (χ1n) is 12.5. The minimum absolute atomic E-state index is 0.177. The third-order valence-corrected chi connectivity index (χ3v) is 7.29. The maximum atomic E-state index is 10.3. The lowest BCUT2D eigenvalue weighted by atomic mass is 9.64. The van der Waals surface area contributed by atoms with Crippen LogP contribution in [0.2, 0.25) is 0 Å². The van der Waals surface area contributed by atoms with Crippen molar-refractivity contribution in [2.24, 2.45) is 0 Å². The van der Waals surface area contributed by atoms with E-state index in [0.29, 0.717) is 0 Å². The highest BCUT2D eigenvalue weighted by molar-refractivity contribution is 5.62. The van der Waals surface area contributed by atoms with E-state index in [1.807, 2.05) is 62.4 Å². The molecule has 0 saturated heterocycles. The number of phenolic OH excluding ortho intramolecular Hbond substituents is 4. The monoisotopic (exact) mass is 502 g/mol. The normalized spacial score (nSPS) is 11.4. The maximum absolute atomic E-state index is 10.3. The Morgan fingerprint density at radius 1 is 0.447 bits per heavy atom. The van der Waals surface area contributed by atoms with Crippen LogP contribution in [0.3, 0.4) is 0 Å². The third kappa shape index (κ3) is 4.57. The molecule has 5 aromatic carbocycles. The number of aromatic hydroxyl groups is 4. The highest BCUT2D eigenvalue weighted by atomic mass is 16.3. The van der Waals surface area contributed by atoms with Gasteiger partial charge in [0, 0.05) is 0 Å². The minimum atomic E-state index is -0.790. The summed E-state index contributed by atoms with van der Waals surface area (Å²) in [5.41, 5.74) is 6.80. The molecule has 0 spiro atoms. The molecule has 0 amide bonds. The van der Waals surface area contributed by atoms with Crippen molar-refractivity contribution in [3.05, 3.63) is 154 Å². The second-order valence-corrected chi connectivity index (χ2v) is 9.84. The zero-order valence-corrected chi connectivity index (χ0v) is 21.4. The van der Waals surface area contributed by atoms with E-state index in [1.165, 1.54) is 0 Å². The largest absolute Gasteiger partial charge is 0.508 e. The van der Waals surface area contributed by atoms with Gasteiger partial charge in [0.15, 0.2) is 0 Å². The fourth-order valence-corrected chi connectivity index (χ4v) is 5.21. The van der Waals surface area contributed by atoms with Gasteiger partial charge in [0.25, 0.3) is 0 Å². The average molecular weight is 503 g/mol. The number of aryl methyl sites for hydroxylation is 2. The minimum Gasteiger partial charge on any atom is -0.508 e. The van der Waals surface area contributed by atoms with Crippen LogP contribution in [0.25, 0.3) is 0 Å². The van der Waals surface area contributed by atoms with Crippen molar-refractivity contribution in [1.29, 1.82) is 0 Å². The number of benzene rings is 5. The number of rotatable bonds is 6. The molecule has 190 valence electrons. The molecular weight excluding hydrogens is 472 g/mol. The van der Waals surface area contributed by atoms with Crippen molar-refractivity contribution >= 4 is 0 Å². The molecule has 4 nitrogen and oxygen atoms in total. The molecule has 0 heterocycles. The van der Waals surface area contributed by atoms with Gasteiger partial charge in [0.1, 0.15) is 23.0 Å². The molecule has 0 aromatic heterocycles. The number of phenols is 4. The van der Waals surface area contributed by atoms with Gasteiger partial charge >= 0.3 is 0 Å². The van der Waals surface area contributed by atoms with Crippen LogP contribution in [-0.2, 0) is 11.8 Å². The molecule has 0 radical (unpaired) electrons. The molecule has 4 N–H and O–H groups in total. The Labute approximate surface area is 222 Å². The predicted octanol–water partition coefficient (Wildman–Crippen LogP) is 7.10. The first-order valence-corrected chi connectivity index (χ1v) is 12.5. The molecule has 5 rings (SSSR count). The lowest BCUT2D eigenvalue weighted by Gasteiger charge is -2.37. The van der Waals surface area contributed by atoms with Crippen LogP contribution in [0.1, 0.15) is 44.5 Å². The number of hydrogen-bond acceptors (Lipinski definition) is 4. The Morgan fingerprint density at radius 3 is 1.21 bits per heavy atom. The molecule has 0 aliphatic rings. The van der Waals surface area contributed by atoms with Crippen LogP contribution >= 0.6 is 0 Å². The van der Waals surface area contributed by atoms with E-state index in [1.54, 1.807) is 36.4 Å². The van der Waals surface area contributed by atoms with Crippen molar-refractivity contribution in [1.82, 2.24) is 0 Å². The van der Waals surface area contributed by atoms with E-state index in [4.69, 9.17) is 0 Å². The van der Waals surface area contributed by atoms with E-state index in [2.05, 4.69) is 24.3 Å². The molecular formula is C34H30O4. The van der Waals surface area contributed by atoms with Gasteiger partial charge in [-0.05, 0) is 101 Å². The molecule has 4 heteroatoms. The molecule has 5 aromatic rings. The topological polar surface area (TPSA) is 80.9 Å². The van der Waals surface area contributed by atoms with E-state index < -0.39 is 5.41 Å². The maximum Gasteiger partial charge on any atom is 0.118 e. The summed E-state index contributed by atoms with van der Waals surface area (Å²) < 4.78 is 0. The second-order valence-electron chi connectivity index (χ2n) is 9.84. The predicted molar refractivity (Wildman–Crippen MR) is 150 cm³/mol. The molecule has 38 heavy (non-hydrogen) atoms. The Kier molecular flexibility index (Phi) is 6.56. The molecule has 0 fully saturated rings. The average Bonchev–Trinajstić information content (AvgIpc) is 2.91. The SMILES string of the molecule is Cc1cc(C(c2ccc(O)cc2)(c2ccc(Cc3ccc(O)cc3)cc2)c2ccc(O)c(C)c2)ccc1O. The lowest BCUT2D eigenvalue weighted by Crippen LogP contribution is -2.31. The van der Waals surface area contributed by atoms with E-state index >= 15 is 0 Å². The summed E-state index contributed by atoms with van der Waals surface area (Å²) in [6.07, 6.45) is 0.726. The smallest absolute Gasteiger partial charge is 0.118 e. The van der Waals surface area contributed by atoms with Crippen LogP contribution in [0.15, 0.2) is 109 Å². The second kappa shape index (κ2) is 9.98. The van der Waals surface area contributed by atoms with Crippen molar-refractivity contribution in [2.75, 3.05) is 0 Å². The van der Waals surface area contributed by atoms with Crippen LogP contribution in [0.4, 0.5) is 0 Å². The molecule has 0 atom stereocenters. The van der Waals surface area contributed by atoms with Gasteiger partial charge in [0.2, 0.25) is 0 Å². The highest BCUT2D eigenvalue weighted by Gasteiger charge is 2.39. The summed E-state index contributed by atoms with van der Waals surface area (Å²) in [6.45, 7) is 3.76. The van der Waals surface area contributed by atoms with Crippen LogP contribution in [-0.4, -0.2) is 20.4 Å². The van der Waals surface area contributed by atoms with Crippen molar-refractivity contribution in [3.63, 3.8) is 0 Å². The standard InChI is InChI=1S/C34H30O4/c1-22-19-28(11-17-32(22)37)34(27-9-15-31(36)16-10-27,29-12-18-33(38)23(2)20-29)26-7-3-24(4-8-26)21-25-5-13-30(35)14-6-25/h3-20,35-38H,21H2,1-2H3. The van der Waals surface area contributed by atoms with Gasteiger partial charge in [0.05, 0.1) is 5.41 Å². The fourth-order valence-electron chi connectivity index (χ4n) is 5.21. The van der Waals surface area contributed by atoms with Gasteiger partial charge in [-0.2, -0.15) is 0 Å². The van der Waals surface area contributed by atoms with Gasteiger partial charge < -0.3 is 20.4 Å². The molecule has 0 unspecified atom stereocenters. The summed E-state index contributed by atoms with van der Waals surface area (Å²) in [6, 6.07) is 34.2. The summed E-state index contributed by atoms with van der Waals surface area (Å²) in [4.78, 5) is 0. The van der Waals surface area contributed by atoms with Crippen molar-refractivity contribution in [2.45, 2.75) is 25.7 Å². The summed E-state index contributed by atoms with van der Waals surface area (Å²) in [5.74, 6) is 0.866. The molecule has 0 aliphatic carbocycles. The Balaban J connectivity index is 1.75. The zero-order chi connectivity index (χ0) is 26.9. The van der Waals surface area contributed by atoms with Crippen LogP contribution in [0.5, 0.6) is 23.0 Å². The van der Waals surface area contributed by atoms with E-state index in [9.17, 15) is 20.4 Å². The van der Waals surface area contributed by atoms with Crippen LogP contribution < -0.4 is 0 Å². The Morgan fingerprint density at radius 2 is 0.789 bits per heavy atom. The van der Waals surface area contributed by atoms with Gasteiger partial charge in [-0.3, -0.25) is 0 Å². The summed E-state index contributed by atoms with van der Waals surface area (Å²) in [5, 5.41) is 40.4. The molecule has 0 bridgehead atoms. The van der Waals surface area contributed by atoms with Gasteiger partial charge in [-0.1, -0.05) is 72.8 Å². The van der Waals surface area contributed by atoms with Crippen LogP contribution in [0, 0.1) is 13.8 Å². The molecule has 0 aliphatic heterocycles. The number of hydrogen-bond donors (Lipinski definition) is 4. The Bertz CT molecular complexity index is 1520. The lowest BCUT2D eigenvalue weighted by molar-refractivity contribution is 0.470. The molecule has 0 saturated carbocycles. The first kappa shape index (κ1) is 25.0. The summed E-state index contributed by atoms with van der Waals surface area (Å²) in [7, 11) is 0. The summed E-state index contributed by atoms with van der Waals surface area (Å²) >= 11 is 0. The van der Waals surface area contributed by atoms with Gasteiger partial charge in [-0.25, -0.2) is 0 Å². The van der Waals surface area contributed by atoms with E-state index in [0.717, 1.165) is 50.9 Å².